The SMILES string of the molecule is O=C(OC(CO)C(F)F)c1ccccc1. The lowest BCUT2D eigenvalue weighted by molar-refractivity contribution is -0.0546. The fourth-order valence-corrected chi connectivity index (χ4v) is 0.948. The van der Waals surface area contributed by atoms with Crippen LogP contribution in [0.15, 0.2) is 30.3 Å². The average molecular weight is 216 g/mol. The van der Waals surface area contributed by atoms with Crippen LogP contribution in [-0.2, 0) is 4.74 Å². The Labute approximate surface area is 85.3 Å². The third-order valence-corrected chi connectivity index (χ3v) is 1.73. The van der Waals surface area contributed by atoms with Crippen molar-refractivity contribution in [3.63, 3.8) is 0 Å². The minimum Gasteiger partial charge on any atom is -0.450 e. The van der Waals surface area contributed by atoms with Crippen molar-refractivity contribution in [2.75, 3.05) is 6.61 Å². The summed E-state index contributed by atoms with van der Waals surface area (Å²) in [6, 6.07) is 7.76. The number of hydrogen-bond donors (Lipinski definition) is 1. The maximum absolute atomic E-state index is 12.1. The molecule has 0 bridgehead atoms. The highest BCUT2D eigenvalue weighted by Crippen LogP contribution is 2.09. The molecule has 0 aliphatic carbocycles. The van der Waals surface area contributed by atoms with E-state index in [9.17, 15) is 13.6 Å². The molecule has 1 rings (SSSR count). The number of benzene rings is 1. The molecule has 5 heteroatoms. The minimum atomic E-state index is -2.89. The van der Waals surface area contributed by atoms with Crippen molar-refractivity contribution in [3.05, 3.63) is 35.9 Å². The van der Waals surface area contributed by atoms with Crippen LogP contribution in [0.3, 0.4) is 0 Å². The van der Waals surface area contributed by atoms with Crippen molar-refractivity contribution < 1.29 is 23.4 Å². The molecule has 3 nitrogen and oxygen atoms in total. The summed E-state index contributed by atoms with van der Waals surface area (Å²) in [5.41, 5.74) is 0.177. The average Bonchev–Trinajstić information content (AvgIpc) is 2.26. The minimum absolute atomic E-state index is 0.177. The molecule has 0 saturated carbocycles. The van der Waals surface area contributed by atoms with Gasteiger partial charge in [-0.25, -0.2) is 13.6 Å². The van der Waals surface area contributed by atoms with Gasteiger partial charge in [0.05, 0.1) is 12.2 Å². The quantitative estimate of drug-likeness (QED) is 0.775. The van der Waals surface area contributed by atoms with Gasteiger partial charge in [0.1, 0.15) is 0 Å². The summed E-state index contributed by atoms with van der Waals surface area (Å²) >= 11 is 0. The van der Waals surface area contributed by atoms with Crippen LogP contribution in [0.4, 0.5) is 8.78 Å². The number of alkyl halides is 2. The number of rotatable bonds is 4. The van der Waals surface area contributed by atoms with E-state index in [4.69, 9.17) is 5.11 Å². The van der Waals surface area contributed by atoms with Crippen LogP contribution in [-0.4, -0.2) is 30.2 Å². The summed E-state index contributed by atoms with van der Waals surface area (Å²) in [6.07, 6.45) is -4.65. The fraction of sp³-hybridized carbons (Fsp3) is 0.300. The molecule has 0 fully saturated rings. The molecule has 0 heterocycles. The molecule has 0 spiro atoms. The van der Waals surface area contributed by atoms with Gasteiger partial charge in [-0.3, -0.25) is 0 Å². The number of hydrogen-bond acceptors (Lipinski definition) is 3. The maximum Gasteiger partial charge on any atom is 0.338 e. The van der Waals surface area contributed by atoms with E-state index in [1.165, 1.54) is 12.1 Å². The number of aliphatic hydroxyl groups excluding tert-OH is 1. The van der Waals surface area contributed by atoms with E-state index < -0.39 is 25.1 Å². The van der Waals surface area contributed by atoms with Crippen molar-refractivity contribution in [2.45, 2.75) is 12.5 Å². The molecule has 0 aromatic heterocycles. The first kappa shape index (κ1) is 11.6. The van der Waals surface area contributed by atoms with Crippen LogP contribution in [0, 0.1) is 0 Å². The summed E-state index contributed by atoms with van der Waals surface area (Å²) < 4.78 is 28.7. The Hall–Kier alpha value is -1.49. The number of aliphatic hydroxyl groups is 1. The number of halogens is 2. The van der Waals surface area contributed by atoms with Gasteiger partial charge in [0.15, 0.2) is 6.10 Å². The van der Waals surface area contributed by atoms with E-state index in [1.807, 2.05) is 0 Å². The zero-order chi connectivity index (χ0) is 11.3. The Morgan fingerprint density at radius 3 is 2.40 bits per heavy atom. The van der Waals surface area contributed by atoms with Crippen molar-refractivity contribution in [3.8, 4) is 0 Å². The molecule has 1 aromatic rings. The standard InChI is InChI=1S/C10H10F2O3/c11-9(12)8(6-13)15-10(14)7-4-2-1-3-5-7/h1-5,8-9,13H,6H2. The Morgan fingerprint density at radius 1 is 1.33 bits per heavy atom. The summed E-state index contributed by atoms with van der Waals surface area (Å²) in [7, 11) is 0. The predicted molar refractivity (Wildman–Crippen MR) is 48.7 cm³/mol. The topological polar surface area (TPSA) is 46.5 Å². The van der Waals surface area contributed by atoms with Gasteiger partial charge in [-0.2, -0.15) is 0 Å². The van der Waals surface area contributed by atoms with Crippen molar-refractivity contribution in [1.82, 2.24) is 0 Å². The Bertz CT molecular complexity index is 314. The van der Waals surface area contributed by atoms with Crippen LogP contribution in [0.1, 0.15) is 10.4 Å². The lowest BCUT2D eigenvalue weighted by Gasteiger charge is -2.14. The smallest absolute Gasteiger partial charge is 0.338 e. The zero-order valence-corrected chi connectivity index (χ0v) is 7.77. The third-order valence-electron chi connectivity index (χ3n) is 1.73. The monoisotopic (exact) mass is 216 g/mol. The molecule has 0 saturated heterocycles. The second kappa shape index (κ2) is 5.41. The van der Waals surface area contributed by atoms with Gasteiger partial charge in [0, 0.05) is 0 Å². The molecule has 0 aliphatic heterocycles. The fourth-order valence-electron chi connectivity index (χ4n) is 0.948. The van der Waals surface area contributed by atoms with E-state index in [-0.39, 0.29) is 5.56 Å². The molecule has 1 unspecified atom stereocenters. The van der Waals surface area contributed by atoms with Crippen LogP contribution in [0.5, 0.6) is 0 Å². The van der Waals surface area contributed by atoms with Crippen LogP contribution < -0.4 is 0 Å². The molecule has 0 aliphatic rings. The van der Waals surface area contributed by atoms with E-state index >= 15 is 0 Å². The second-order valence-corrected chi connectivity index (χ2v) is 2.83. The van der Waals surface area contributed by atoms with Crippen molar-refractivity contribution in [1.29, 1.82) is 0 Å². The normalized spacial score (nSPS) is 12.5. The first-order chi connectivity index (χ1) is 7.15. The van der Waals surface area contributed by atoms with E-state index in [0.29, 0.717) is 0 Å². The second-order valence-electron chi connectivity index (χ2n) is 2.83. The molecule has 82 valence electrons. The van der Waals surface area contributed by atoms with Gasteiger partial charge in [-0.1, -0.05) is 18.2 Å². The summed E-state index contributed by atoms with van der Waals surface area (Å²) in [4.78, 5) is 11.3. The lowest BCUT2D eigenvalue weighted by atomic mass is 10.2. The Kier molecular flexibility index (Phi) is 4.17. The first-order valence-electron chi connectivity index (χ1n) is 4.30. The Balaban J connectivity index is 2.63. The molecular weight excluding hydrogens is 206 g/mol. The molecule has 0 amide bonds. The van der Waals surface area contributed by atoms with Gasteiger partial charge >= 0.3 is 5.97 Å². The van der Waals surface area contributed by atoms with Crippen molar-refractivity contribution >= 4 is 5.97 Å². The van der Waals surface area contributed by atoms with E-state index in [0.717, 1.165) is 0 Å². The molecule has 0 radical (unpaired) electrons. The largest absolute Gasteiger partial charge is 0.450 e. The zero-order valence-electron chi connectivity index (χ0n) is 7.77. The van der Waals surface area contributed by atoms with Crippen molar-refractivity contribution in [2.24, 2.45) is 0 Å². The molecule has 1 N–H and O–H groups in total. The molecule has 1 aromatic carbocycles. The van der Waals surface area contributed by atoms with Crippen LogP contribution in [0.2, 0.25) is 0 Å². The van der Waals surface area contributed by atoms with Gasteiger partial charge in [0.2, 0.25) is 0 Å². The van der Waals surface area contributed by atoms with Gasteiger partial charge in [0.25, 0.3) is 6.43 Å². The Morgan fingerprint density at radius 2 is 1.93 bits per heavy atom. The molecular formula is C10H10F2O3. The van der Waals surface area contributed by atoms with Crippen LogP contribution in [0.25, 0.3) is 0 Å². The highest BCUT2D eigenvalue weighted by molar-refractivity contribution is 5.89. The summed E-state index contributed by atoms with van der Waals surface area (Å²) in [5, 5.41) is 8.54. The first-order valence-corrected chi connectivity index (χ1v) is 4.30. The molecule has 1 atom stereocenters. The lowest BCUT2D eigenvalue weighted by Crippen LogP contribution is -2.29. The third kappa shape index (κ3) is 3.28. The number of esters is 1. The van der Waals surface area contributed by atoms with Gasteiger partial charge in [-0.15, -0.1) is 0 Å². The van der Waals surface area contributed by atoms with E-state index in [1.54, 1.807) is 18.2 Å². The summed E-state index contributed by atoms with van der Waals surface area (Å²) in [6.45, 7) is -0.893. The van der Waals surface area contributed by atoms with E-state index in [2.05, 4.69) is 4.74 Å². The maximum atomic E-state index is 12.1. The summed E-state index contributed by atoms with van der Waals surface area (Å²) in [5.74, 6) is -0.866. The van der Waals surface area contributed by atoms with Crippen LogP contribution >= 0.6 is 0 Å². The highest BCUT2D eigenvalue weighted by Gasteiger charge is 2.24. The number of ether oxygens (including phenoxy) is 1. The predicted octanol–water partition coefficient (Wildman–Crippen LogP) is 1.47. The number of carbonyl (C=O) groups is 1. The highest BCUT2D eigenvalue weighted by atomic mass is 19.3. The van der Waals surface area contributed by atoms with Gasteiger partial charge < -0.3 is 9.84 Å². The number of carbonyl (C=O) groups excluding carboxylic acids is 1. The van der Waals surface area contributed by atoms with Gasteiger partial charge in [-0.05, 0) is 12.1 Å². The molecule has 15 heavy (non-hydrogen) atoms.